The van der Waals surface area contributed by atoms with Crippen molar-refractivity contribution in [2.24, 2.45) is 0 Å². The van der Waals surface area contributed by atoms with Crippen molar-refractivity contribution in [1.82, 2.24) is 24.5 Å². The van der Waals surface area contributed by atoms with E-state index in [9.17, 15) is 0 Å². The molecule has 1 aromatic carbocycles. The minimum atomic E-state index is 0.275. The lowest BCUT2D eigenvalue weighted by atomic mass is 9.94. The summed E-state index contributed by atoms with van der Waals surface area (Å²) in [7, 11) is 0. The second-order valence-corrected chi connectivity index (χ2v) is 10.2. The van der Waals surface area contributed by atoms with Gasteiger partial charge >= 0.3 is 0 Å². The summed E-state index contributed by atoms with van der Waals surface area (Å²) in [6.07, 6.45) is 6.34. The molecule has 0 aliphatic carbocycles. The van der Waals surface area contributed by atoms with Crippen LogP contribution in [-0.2, 0) is 4.74 Å². The fourth-order valence-electron chi connectivity index (χ4n) is 5.53. The molecule has 7 heteroatoms. The lowest BCUT2D eigenvalue weighted by Crippen LogP contribution is -2.52. The van der Waals surface area contributed by atoms with E-state index in [1.165, 1.54) is 27.8 Å². The number of hydrogen-bond donors (Lipinski definition) is 1. The van der Waals surface area contributed by atoms with E-state index in [4.69, 9.17) is 9.47 Å². The molecule has 2 fully saturated rings. The first kappa shape index (κ1) is 21.6. The molecule has 2 aliphatic rings. The van der Waals surface area contributed by atoms with E-state index in [0.29, 0.717) is 12.0 Å². The largest absolute Gasteiger partial charge is 0.490 e. The number of nitrogens with zero attached hydrogens (tertiary/aromatic N) is 4. The Bertz CT molecular complexity index is 1340. The molecule has 34 heavy (non-hydrogen) atoms. The van der Waals surface area contributed by atoms with Crippen molar-refractivity contribution in [3.05, 3.63) is 47.4 Å². The highest BCUT2D eigenvalue weighted by atomic mass is 16.5. The summed E-state index contributed by atoms with van der Waals surface area (Å²) < 4.78 is 13.9. The molecule has 0 saturated carbocycles. The summed E-state index contributed by atoms with van der Waals surface area (Å²) in [6, 6.07) is 7.13. The number of aromatic nitrogens is 4. The molecular formula is C27H33N5O2. The number of pyridine rings is 1. The Morgan fingerprint density at radius 1 is 1.12 bits per heavy atom. The van der Waals surface area contributed by atoms with Gasteiger partial charge in [0.2, 0.25) is 0 Å². The number of piperidine rings is 1. The maximum Gasteiger partial charge on any atom is 0.163 e. The Kier molecular flexibility index (Phi) is 5.34. The Labute approximate surface area is 200 Å². The Hall–Kier alpha value is -2.90. The van der Waals surface area contributed by atoms with Gasteiger partial charge in [-0.25, -0.2) is 0 Å². The number of nitrogens with one attached hydrogen (secondary N) is 1. The second-order valence-electron chi connectivity index (χ2n) is 10.2. The van der Waals surface area contributed by atoms with E-state index in [-0.39, 0.29) is 6.10 Å². The van der Waals surface area contributed by atoms with Gasteiger partial charge in [-0.3, -0.25) is 9.30 Å². The van der Waals surface area contributed by atoms with Gasteiger partial charge in [0.25, 0.3) is 0 Å². The molecule has 1 N–H and O–H groups in total. The van der Waals surface area contributed by atoms with Crippen molar-refractivity contribution in [3.63, 3.8) is 0 Å². The van der Waals surface area contributed by atoms with Crippen LogP contribution in [0.5, 0.6) is 5.75 Å². The molecule has 5 heterocycles. The van der Waals surface area contributed by atoms with Crippen LogP contribution in [0.1, 0.15) is 49.3 Å². The van der Waals surface area contributed by atoms with Crippen molar-refractivity contribution in [3.8, 4) is 17.0 Å². The first-order valence-corrected chi connectivity index (χ1v) is 12.4. The molecule has 0 bridgehead atoms. The summed E-state index contributed by atoms with van der Waals surface area (Å²) in [5, 5.41) is 9.63. The number of fused-ring (bicyclic) bond motifs is 2. The van der Waals surface area contributed by atoms with Crippen molar-refractivity contribution in [1.29, 1.82) is 0 Å². The predicted octanol–water partition coefficient (Wildman–Crippen LogP) is 4.86. The molecule has 2 aliphatic heterocycles. The van der Waals surface area contributed by atoms with Crippen LogP contribution in [0.3, 0.4) is 0 Å². The fourth-order valence-corrected chi connectivity index (χ4v) is 5.53. The number of ether oxygens (including phenoxy) is 2. The van der Waals surface area contributed by atoms with E-state index < -0.39 is 0 Å². The number of benzene rings is 1. The Morgan fingerprint density at radius 2 is 1.91 bits per heavy atom. The zero-order valence-electron chi connectivity index (χ0n) is 20.5. The van der Waals surface area contributed by atoms with Crippen LogP contribution in [0.4, 0.5) is 0 Å². The van der Waals surface area contributed by atoms with E-state index in [1.807, 2.05) is 4.40 Å². The zero-order valence-corrected chi connectivity index (χ0v) is 20.5. The number of aromatic amines is 1. The van der Waals surface area contributed by atoms with Gasteiger partial charge in [-0.1, -0.05) is 13.8 Å². The first-order chi connectivity index (χ1) is 16.5. The van der Waals surface area contributed by atoms with Gasteiger partial charge in [0.05, 0.1) is 24.9 Å². The van der Waals surface area contributed by atoms with Crippen LogP contribution in [0.2, 0.25) is 0 Å². The van der Waals surface area contributed by atoms with Crippen LogP contribution in [0.25, 0.3) is 27.8 Å². The van der Waals surface area contributed by atoms with Crippen molar-refractivity contribution in [2.45, 2.75) is 58.6 Å². The molecule has 0 radical (unpaired) electrons. The van der Waals surface area contributed by atoms with Crippen LogP contribution >= 0.6 is 0 Å². The molecular weight excluding hydrogens is 426 g/mol. The van der Waals surface area contributed by atoms with E-state index in [1.54, 1.807) is 6.33 Å². The summed E-state index contributed by atoms with van der Waals surface area (Å²) in [4.78, 5) is 6.27. The SMILES string of the molecule is Cc1c(-c2[nH]c3ccc(OC4CCN(C5COC5)CC4)cc3c2C(C)C)cn2cnnc2c1C. The van der Waals surface area contributed by atoms with E-state index in [0.717, 1.165) is 61.6 Å². The number of likely N-dealkylation sites (tertiary alicyclic amines) is 1. The molecule has 0 unspecified atom stereocenters. The summed E-state index contributed by atoms with van der Waals surface area (Å²) in [5.74, 6) is 1.33. The number of rotatable bonds is 5. The second kappa shape index (κ2) is 8.40. The van der Waals surface area contributed by atoms with Crippen LogP contribution < -0.4 is 4.74 Å². The molecule has 178 valence electrons. The van der Waals surface area contributed by atoms with Crippen LogP contribution in [0.15, 0.2) is 30.7 Å². The van der Waals surface area contributed by atoms with Gasteiger partial charge in [-0.15, -0.1) is 10.2 Å². The highest BCUT2D eigenvalue weighted by Crippen LogP contribution is 2.39. The zero-order chi connectivity index (χ0) is 23.4. The quantitative estimate of drug-likeness (QED) is 0.462. The Balaban J connectivity index is 1.32. The van der Waals surface area contributed by atoms with Crippen LogP contribution in [0, 0.1) is 13.8 Å². The molecule has 0 spiro atoms. The summed E-state index contributed by atoms with van der Waals surface area (Å²) in [5.41, 5.74) is 8.15. The van der Waals surface area contributed by atoms with E-state index >= 15 is 0 Å². The van der Waals surface area contributed by atoms with Gasteiger partial charge in [-0.2, -0.15) is 0 Å². The van der Waals surface area contributed by atoms with Gasteiger partial charge in [0.1, 0.15) is 18.2 Å². The summed E-state index contributed by atoms with van der Waals surface area (Å²) >= 11 is 0. The molecule has 6 rings (SSSR count). The van der Waals surface area contributed by atoms with E-state index in [2.05, 4.69) is 72.2 Å². The third kappa shape index (κ3) is 3.58. The maximum atomic E-state index is 6.49. The summed E-state index contributed by atoms with van der Waals surface area (Å²) in [6.45, 7) is 12.8. The van der Waals surface area contributed by atoms with Crippen LogP contribution in [-0.4, -0.2) is 62.9 Å². The van der Waals surface area contributed by atoms with Gasteiger partial charge in [0, 0.05) is 35.8 Å². The first-order valence-electron chi connectivity index (χ1n) is 12.4. The maximum absolute atomic E-state index is 6.49. The highest BCUT2D eigenvalue weighted by Gasteiger charge is 2.30. The Morgan fingerprint density at radius 3 is 2.62 bits per heavy atom. The highest BCUT2D eigenvalue weighted by molar-refractivity contribution is 5.93. The molecule has 2 saturated heterocycles. The minimum Gasteiger partial charge on any atom is -0.490 e. The third-order valence-corrected chi connectivity index (χ3v) is 7.72. The number of hydrogen-bond acceptors (Lipinski definition) is 5. The average Bonchev–Trinajstić information content (AvgIpc) is 3.40. The van der Waals surface area contributed by atoms with Crippen molar-refractivity contribution < 1.29 is 9.47 Å². The van der Waals surface area contributed by atoms with Crippen molar-refractivity contribution in [2.75, 3.05) is 26.3 Å². The lowest BCUT2D eigenvalue weighted by Gasteiger charge is -2.41. The molecule has 0 amide bonds. The number of aryl methyl sites for hydroxylation is 1. The fraction of sp³-hybridized carbons (Fsp3) is 0.481. The topological polar surface area (TPSA) is 67.7 Å². The van der Waals surface area contributed by atoms with Gasteiger partial charge < -0.3 is 14.5 Å². The molecule has 4 aromatic rings. The van der Waals surface area contributed by atoms with Crippen molar-refractivity contribution >= 4 is 16.6 Å². The molecule has 7 nitrogen and oxygen atoms in total. The van der Waals surface area contributed by atoms with Gasteiger partial charge in [0.15, 0.2) is 5.65 Å². The average molecular weight is 460 g/mol. The normalized spacial score (nSPS) is 18.3. The predicted molar refractivity (Wildman–Crippen MR) is 134 cm³/mol. The minimum absolute atomic E-state index is 0.275. The third-order valence-electron chi connectivity index (χ3n) is 7.72. The lowest BCUT2D eigenvalue weighted by molar-refractivity contribution is -0.0777. The number of H-pyrrole nitrogens is 1. The van der Waals surface area contributed by atoms with Gasteiger partial charge in [-0.05, 0) is 67.5 Å². The molecule has 0 atom stereocenters. The smallest absolute Gasteiger partial charge is 0.163 e. The molecule has 3 aromatic heterocycles. The monoisotopic (exact) mass is 459 g/mol. The standard InChI is InChI=1S/C27H33N5O2/c1-16(2)25-22-11-21(34-20-7-9-31(10-8-20)19-13-33-14-19)5-6-24(22)29-26(25)23-12-32-15-28-30-27(32)18(4)17(23)3/h5-6,11-12,15-16,19-20,29H,7-10,13-14H2,1-4H3.